The zero-order chi connectivity index (χ0) is 17.9. The lowest BCUT2D eigenvalue weighted by Gasteiger charge is -2.27. The van der Waals surface area contributed by atoms with Crippen molar-refractivity contribution < 1.29 is 9.59 Å². The molecule has 5 heteroatoms. The number of carbonyl (C=O) groups excluding carboxylic acids is 2. The minimum absolute atomic E-state index is 0.450. The largest absolute Gasteiger partial charge is 0.361 e. The van der Waals surface area contributed by atoms with Gasteiger partial charge in [-0.25, -0.2) is 0 Å². The van der Waals surface area contributed by atoms with Crippen LogP contribution >= 0.6 is 0 Å². The van der Waals surface area contributed by atoms with E-state index in [1.54, 1.807) is 11.0 Å². The van der Waals surface area contributed by atoms with Crippen LogP contribution in [0.15, 0.2) is 66.9 Å². The molecule has 1 aromatic heterocycles. The number of carbonyl (C=O) groups is 2. The van der Waals surface area contributed by atoms with Gasteiger partial charge in [0, 0.05) is 30.5 Å². The van der Waals surface area contributed by atoms with Crippen molar-refractivity contribution >= 4 is 34.0 Å². The Balaban J connectivity index is 1.45. The summed E-state index contributed by atoms with van der Waals surface area (Å²) >= 11 is 0. The van der Waals surface area contributed by atoms with Crippen molar-refractivity contribution in [2.24, 2.45) is 0 Å². The molecule has 0 radical (unpaired) electrons. The SMILES string of the molecule is O=C(Nc1ccc2cc[nH]c2c1)C(=O)N1CCC=C(c2ccccc2)C1. The van der Waals surface area contributed by atoms with Gasteiger partial charge in [-0.3, -0.25) is 9.59 Å². The Morgan fingerprint density at radius 2 is 1.88 bits per heavy atom. The van der Waals surface area contributed by atoms with Crippen molar-refractivity contribution in [3.05, 3.63) is 72.4 Å². The molecule has 0 unspecified atom stereocenters. The average molecular weight is 345 g/mol. The van der Waals surface area contributed by atoms with Gasteiger partial charge in [0.25, 0.3) is 0 Å². The van der Waals surface area contributed by atoms with E-state index in [0.29, 0.717) is 18.8 Å². The van der Waals surface area contributed by atoms with Crippen LogP contribution < -0.4 is 5.32 Å². The number of hydrogen-bond acceptors (Lipinski definition) is 2. The fourth-order valence-corrected chi connectivity index (χ4v) is 3.23. The first-order valence-electron chi connectivity index (χ1n) is 8.62. The Morgan fingerprint density at radius 3 is 2.73 bits per heavy atom. The number of hydrogen-bond donors (Lipinski definition) is 2. The highest BCUT2D eigenvalue weighted by atomic mass is 16.2. The van der Waals surface area contributed by atoms with Gasteiger partial charge in [-0.05, 0) is 41.1 Å². The minimum Gasteiger partial charge on any atom is -0.361 e. The Kier molecular flexibility index (Phi) is 4.27. The quantitative estimate of drug-likeness (QED) is 0.699. The molecule has 5 nitrogen and oxygen atoms in total. The summed E-state index contributed by atoms with van der Waals surface area (Å²) in [5.41, 5.74) is 3.69. The van der Waals surface area contributed by atoms with E-state index < -0.39 is 11.8 Å². The highest BCUT2D eigenvalue weighted by Gasteiger charge is 2.24. The molecule has 0 saturated carbocycles. The topological polar surface area (TPSA) is 65.2 Å². The van der Waals surface area contributed by atoms with Crippen molar-refractivity contribution in [1.82, 2.24) is 9.88 Å². The van der Waals surface area contributed by atoms with E-state index in [1.807, 2.05) is 54.7 Å². The number of nitrogens with zero attached hydrogens (tertiary/aromatic N) is 1. The van der Waals surface area contributed by atoms with E-state index in [-0.39, 0.29) is 0 Å². The van der Waals surface area contributed by atoms with Crippen molar-refractivity contribution in [3.63, 3.8) is 0 Å². The highest BCUT2D eigenvalue weighted by molar-refractivity contribution is 6.39. The van der Waals surface area contributed by atoms with Crippen LogP contribution in [-0.2, 0) is 9.59 Å². The van der Waals surface area contributed by atoms with Gasteiger partial charge >= 0.3 is 11.8 Å². The average Bonchev–Trinajstić information content (AvgIpc) is 3.16. The molecule has 4 rings (SSSR count). The van der Waals surface area contributed by atoms with Crippen LogP contribution in [0.1, 0.15) is 12.0 Å². The third-order valence-corrected chi connectivity index (χ3v) is 4.59. The van der Waals surface area contributed by atoms with Crippen molar-refractivity contribution in [2.45, 2.75) is 6.42 Å². The molecular weight excluding hydrogens is 326 g/mol. The third kappa shape index (κ3) is 3.24. The van der Waals surface area contributed by atoms with Crippen LogP contribution in [0.2, 0.25) is 0 Å². The molecule has 26 heavy (non-hydrogen) atoms. The van der Waals surface area contributed by atoms with Crippen molar-refractivity contribution in [3.8, 4) is 0 Å². The molecule has 2 heterocycles. The smallest absolute Gasteiger partial charge is 0.313 e. The van der Waals surface area contributed by atoms with Crippen LogP contribution in [0.5, 0.6) is 0 Å². The summed E-state index contributed by atoms with van der Waals surface area (Å²) < 4.78 is 0. The van der Waals surface area contributed by atoms with E-state index in [1.165, 1.54) is 0 Å². The van der Waals surface area contributed by atoms with Gasteiger partial charge in [0.2, 0.25) is 0 Å². The minimum atomic E-state index is -0.606. The number of benzene rings is 2. The Hall–Kier alpha value is -3.34. The highest BCUT2D eigenvalue weighted by Crippen LogP contribution is 2.21. The van der Waals surface area contributed by atoms with Gasteiger partial charge < -0.3 is 15.2 Å². The first-order chi connectivity index (χ1) is 12.7. The van der Waals surface area contributed by atoms with Crippen LogP contribution in [0, 0.1) is 0 Å². The Bertz CT molecular complexity index is 989. The number of rotatable bonds is 2. The maximum Gasteiger partial charge on any atom is 0.313 e. The first kappa shape index (κ1) is 16.1. The summed E-state index contributed by atoms with van der Waals surface area (Å²) in [6, 6.07) is 17.4. The predicted octanol–water partition coefficient (Wildman–Crippen LogP) is 3.42. The molecule has 2 aromatic carbocycles. The lowest BCUT2D eigenvalue weighted by molar-refractivity contribution is -0.142. The summed E-state index contributed by atoms with van der Waals surface area (Å²) in [6.07, 6.45) is 4.72. The predicted molar refractivity (Wildman–Crippen MR) is 103 cm³/mol. The summed E-state index contributed by atoms with van der Waals surface area (Å²) in [6.45, 7) is 1.00. The van der Waals surface area contributed by atoms with Gasteiger partial charge in [0.05, 0.1) is 0 Å². The van der Waals surface area contributed by atoms with E-state index in [9.17, 15) is 9.59 Å². The summed E-state index contributed by atoms with van der Waals surface area (Å²) in [4.78, 5) is 29.7. The van der Waals surface area contributed by atoms with Gasteiger partial charge in [0.15, 0.2) is 0 Å². The molecule has 0 saturated heterocycles. The van der Waals surface area contributed by atoms with Crippen LogP contribution in [0.4, 0.5) is 5.69 Å². The van der Waals surface area contributed by atoms with Crippen molar-refractivity contribution in [1.29, 1.82) is 0 Å². The number of H-pyrrole nitrogens is 1. The molecule has 2 amide bonds. The van der Waals surface area contributed by atoms with Crippen LogP contribution in [0.25, 0.3) is 16.5 Å². The molecule has 0 bridgehead atoms. The number of aromatic amines is 1. The molecule has 0 spiro atoms. The van der Waals surface area contributed by atoms with E-state index >= 15 is 0 Å². The summed E-state index contributed by atoms with van der Waals surface area (Å²) in [5.74, 6) is -1.11. The molecule has 130 valence electrons. The molecule has 0 fully saturated rings. The van der Waals surface area contributed by atoms with Crippen molar-refractivity contribution in [2.75, 3.05) is 18.4 Å². The van der Waals surface area contributed by atoms with Gasteiger partial charge in [-0.15, -0.1) is 0 Å². The van der Waals surface area contributed by atoms with Crippen LogP contribution in [-0.4, -0.2) is 34.8 Å². The molecule has 1 aliphatic heterocycles. The lowest BCUT2D eigenvalue weighted by Crippen LogP contribution is -2.42. The zero-order valence-electron chi connectivity index (χ0n) is 14.2. The molecule has 0 atom stereocenters. The maximum absolute atomic E-state index is 12.6. The molecule has 1 aliphatic rings. The second-order valence-corrected chi connectivity index (χ2v) is 6.34. The molecule has 0 aliphatic carbocycles. The lowest BCUT2D eigenvalue weighted by atomic mass is 10.0. The van der Waals surface area contributed by atoms with Gasteiger partial charge in [0.1, 0.15) is 0 Å². The molecule has 3 aromatic rings. The second kappa shape index (κ2) is 6.88. The van der Waals surface area contributed by atoms with Gasteiger partial charge in [-0.2, -0.15) is 0 Å². The summed E-state index contributed by atoms with van der Waals surface area (Å²) in [7, 11) is 0. The number of fused-ring (bicyclic) bond motifs is 1. The fourth-order valence-electron chi connectivity index (χ4n) is 3.23. The van der Waals surface area contributed by atoms with E-state index in [0.717, 1.165) is 28.5 Å². The zero-order valence-corrected chi connectivity index (χ0v) is 14.2. The number of amides is 2. The third-order valence-electron chi connectivity index (χ3n) is 4.59. The number of anilines is 1. The standard InChI is InChI=1S/C21H19N3O2/c25-20(23-18-9-8-16-10-11-22-19(16)13-18)21(26)24-12-4-7-17(14-24)15-5-2-1-3-6-15/h1-3,5-11,13,22H,4,12,14H2,(H,23,25). The monoisotopic (exact) mass is 345 g/mol. The Morgan fingerprint density at radius 1 is 1.04 bits per heavy atom. The first-order valence-corrected chi connectivity index (χ1v) is 8.62. The Labute approximate surface area is 151 Å². The molecular formula is C21H19N3O2. The van der Waals surface area contributed by atoms with E-state index in [2.05, 4.69) is 16.4 Å². The normalized spacial score (nSPS) is 14.2. The number of nitrogens with one attached hydrogen (secondary N) is 2. The fraction of sp³-hybridized carbons (Fsp3) is 0.143. The summed E-state index contributed by atoms with van der Waals surface area (Å²) in [5, 5.41) is 3.76. The van der Waals surface area contributed by atoms with Gasteiger partial charge in [-0.1, -0.05) is 42.5 Å². The maximum atomic E-state index is 12.6. The number of aromatic nitrogens is 1. The molecule has 2 N–H and O–H groups in total. The van der Waals surface area contributed by atoms with E-state index in [4.69, 9.17) is 0 Å². The second-order valence-electron chi connectivity index (χ2n) is 6.34. The van der Waals surface area contributed by atoms with Crippen LogP contribution in [0.3, 0.4) is 0 Å².